The zero-order chi connectivity index (χ0) is 17.2. The third-order valence-electron chi connectivity index (χ3n) is 2.88. The van der Waals surface area contributed by atoms with E-state index in [1.54, 1.807) is 12.1 Å². The second kappa shape index (κ2) is 6.43. The van der Waals surface area contributed by atoms with Crippen molar-refractivity contribution in [2.45, 2.75) is 19.3 Å². The van der Waals surface area contributed by atoms with Gasteiger partial charge in [-0.3, -0.25) is 0 Å². The number of alkyl carbamates (subject to hydrolysis) is 1. The molecular weight excluding hydrogens is 347 g/mol. The number of carbonyl (C=O) groups is 1. The van der Waals surface area contributed by atoms with Crippen LogP contribution in [0.5, 0.6) is 0 Å². The fourth-order valence-corrected chi connectivity index (χ4v) is 2.60. The fourth-order valence-electron chi connectivity index (χ4n) is 1.83. The highest BCUT2D eigenvalue weighted by Crippen LogP contribution is 2.28. The van der Waals surface area contributed by atoms with Crippen molar-refractivity contribution in [2.24, 2.45) is 0 Å². The van der Waals surface area contributed by atoms with Crippen molar-refractivity contribution in [2.75, 3.05) is 0 Å². The van der Waals surface area contributed by atoms with Gasteiger partial charge in [-0.2, -0.15) is 22.8 Å². The zero-order valence-electron chi connectivity index (χ0n) is 11.9. The van der Waals surface area contributed by atoms with Gasteiger partial charge in [0.15, 0.2) is 0 Å². The first-order valence-electron chi connectivity index (χ1n) is 6.66. The van der Waals surface area contributed by atoms with Gasteiger partial charge in [0.25, 0.3) is 5.82 Å². The van der Waals surface area contributed by atoms with Gasteiger partial charge in [0.05, 0.1) is 6.54 Å². The van der Waals surface area contributed by atoms with Gasteiger partial charge in [0.2, 0.25) is 4.96 Å². The van der Waals surface area contributed by atoms with Crippen LogP contribution >= 0.6 is 11.3 Å². The number of ether oxygens (including phenoxy) is 1. The molecule has 0 bridgehead atoms. The summed E-state index contributed by atoms with van der Waals surface area (Å²) in [5.74, 6) is -1.20. The Labute approximate surface area is 137 Å². The van der Waals surface area contributed by atoms with E-state index in [-0.39, 0.29) is 23.1 Å². The fraction of sp³-hybridized carbons (Fsp3) is 0.231. The Morgan fingerprint density at radius 3 is 2.71 bits per heavy atom. The first-order chi connectivity index (χ1) is 11.4. The average molecular weight is 357 g/mol. The van der Waals surface area contributed by atoms with Gasteiger partial charge >= 0.3 is 12.3 Å². The second-order valence-electron chi connectivity index (χ2n) is 4.63. The number of alkyl halides is 3. The largest absolute Gasteiger partial charge is 0.453 e. The van der Waals surface area contributed by atoms with Crippen LogP contribution in [0.2, 0.25) is 0 Å². The smallest absolute Gasteiger partial charge is 0.445 e. The maximum absolute atomic E-state index is 12.7. The predicted molar refractivity (Wildman–Crippen MR) is 77.1 cm³/mol. The van der Waals surface area contributed by atoms with E-state index in [4.69, 9.17) is 4.74 Å². The van der Waals surface area contributed by atoms with Crippen molar-refractivity contribution in [3.05, 3.63) is 46.7 Å². The molecule has 11 heteroatoms. The lowest BCUT2D eigenvalue weighted by atomic mass is 10.2. The summed E-state index contributed by atoms with van der Waals surface area (Å²) < 4.78 is 43.7. The number of nitrogens with one attached hydrogen (secondary N) is 1. The molecule has 0 aliphatic heterocycles. The van der Waals surface area contributed by atoms with Crippen LogP contribution in [0.4, 0.5) is 18.0 Å². The lowest BCUT2D eigenvalue weighted by Crippen LogP contribution is -2.23. The van der Waals surface area contributed by atoms with E-state index < -0.39 is 18.1 Å². The lowest BCUT2D eigenvalue weighted by Gasteiger charge is -2.05. The molecule has 0 unspecified atom stereocenters. The van der Waals surface area contributed by atoms with Gasteiger partial charge in [0.1, 0.15) is 11.6 Å². The molecule has 126 valence electrons. The minimum Gasteiger partial charge on any atom is -0.445 e. The van der Waals surface area contributed by atoms with Crippen molar-refractivity contribution in [3.63, 3.8) is 0 Å². The van der Waals surface area contributed by atoms with Crippen LogP contribution < -0.4 is 5.32 Å². The molecular formula is C13H10F3N5O2S. The number of fused-ring (bicyclic) bond motifs is 1. The SMILES string of the molecule is O=C(NCc1nn2c(C(F)(F)F)nnc2s1)OCc1ccccc1. The normalized spacial score (nSPS) is 11.6. The number of amides is 1. The van der Waals surface area contributed by atoms with Crippen LogP contribution in [0.15, 0.2) is 30.3 Å². The minimum absolute atomic E-state index is 0.00298. The summed E-state index contributed by atoms with van der Waals surface area (Å²) in [5.41, 5.74) is 0.821. The summed E-state index contributed by atoms with van der Waals surface area (Å²) >= 11 is 0.899. The van der Waals surface area contributed by atoms with Crippen molar-refractivity contribution >= 4 is 22.4 Å². The number of hydrogen-bond donors (Lipinski definition) is 1. The van der Waals surface area contributed by atoms with Gasteiger partial charge < -0.3 is 10.1 Å². The highest BCUT2D eigenvalue weighted by Gasteiger charge is 2.38. The Hall–Kier alpha value is -2.69. The van der Waals surface area contributed by atoms with E-state index in [9.17, 15) is 18.0 Å². The van der Waals surface area contributed by atoms with Gasteiger partial charge in [-0.1, -0.05) is 41.7 Å². The van der Waals surface area contributed by atoms with Crippen molar-refractivity contribution in [1.29, 1.82) is 0 Å². The van der Waals surface area contributed by atoms with Crippen LogP contribution in [0.3, 0.4) is 0 Å². The Balaban J connectivity index is 1.57. The molecule has 0 saturated heterocycles. The van der Waals surface area contributed by atoms with Crippen molar-refractivity contribution < 1.29 is 22.7 Å². The highest BCUT2D eigenvalue weighted by atomic mass is 32.1. The number of benzene rings is 1. The van der Waals surface area contributed by atoms with Crippen LogP contribution in [-0.2, 0) is 24.1 Å². The molecule has 3 rings (SSSR count). The molecule has 2 heterocycles. The number of rotatable bonds is 4. The van der Waals surface area contributed by atoms with E-state index in [0.717, 1.165) is 16.9 Å². The molecule has 24 heavy (non-hydrogen) atoms. The Morgan fingerprint density at radius 1 is 1.25 bits per heavy atom. The van der Waals surface area contributed by atoms with Crippen molar-refractivity contribution in [3.8, 4) is 0 Å². The number of halogens is 3. The number of hydrogen-bond acceptors (Lipinski definition) is 6. The summed E-state index contributed by atoms with van der Waals surface area (Å²) in [5, 5.41) is 12.9. The zero-order valence-corrected chi connectivity index (χ0v) is 12.8. The van der Waals surface area contributed by atoms with Crippen LogP contribution in [-0.4, -0.2) is 25.9 Å². The molecule has 1 aromatic carbocycles. The summed E-state index contributed by atoms with van der Waals surface area (Å²) in [6, 6.07) is 9.07. The van der Waals surface area contributed by atoms with E-state index in [1.807, 2.05) is 18.2 Å². The number of nitrogens with zero attached hydrogens (tertiary/aromatic N) is 4. The molecule has 0 aliphatic carbocycles. The minimum atomic E-state index is -4.65. The Kier molecular flexibility index (Phi) is 4.34. The van der Waals surface area contributed by atoms with E-state index >= 15 is 0 Å². The third kappa shape index (κ3) is 3.62. The molecule has 0 fully saturated rings. The number of aromatic nitrogens is 4. The monoisotopic (exact) mass is 357 g/mol. The van der Waals surface area contributed by atoms with E-state index in [0.29, 0.717) is 4.52 Å². The Bertz CT molecular complexity index is 846. The van der Waals surface area contributed by atoms with Gasteiger partial charge in [-0.25, -0.2) is 4.79 Å². The predicted octanol–water partition coefficient (Wildman–Crippen LogP) is 2.63. The first kappa shape index (κ1) is 16.2. The first-order valence-corrected chi connectivity index (χ1v) is 7.48. The maximum atomic E-state index is 12.7. The topological polar surface area (TPSA) is 81.4 Å². The van der Waals surface area contributed by atoms with Gasteiger partial charge in [-0.05, 0) is 5.56 Å². The standard InChI is InChI=1S/C13H10F3N5O2S/c14-13(15,16)10-18-19-11-21(10)20-9(24-11)6-17-12(22)23-7-8-4-2-1-3-5-8/h1-5H,6-7H2,(H,17,22). The van der Waals surface area contributed by atoms with Gasteiger partial charge in [-0.15, -0.1) is 10.2 Å². The Morgan fingerprint density at radius 2 is 2.00 bits per heavy atom. The second-order valence-corrected chi connectivity index (χ2v) is 5.67. The maximum Gasteiger partial charge on any atom is 0.453 e. The molecule has 3 aromatic rings. The number of carbonyl (C=O) groups excluding carboxylic acids is 1. The van der Waals surface area contributed by atoms with E-state index in [2.05, 4.69) is 20.6 Å². The van der Waals surface area contributed by atoms with Crippen LogP contribution in [0.25, 0.3) is 4.96 Å². The highest BCUT2D eigenvalue weighted by molar-refractivity contribution is 7.16. The molecule has 7 nitrogen and oxygen atoms in total. The molecule has 0 radical (unpaired) electrons. The molecule has 0 spiro atoms. The lowest BCUT2D eigenvalue weighted by molar-refractivity contribution is -0.146. The summed E-state index contributed by atoms with van der Waals surface area (Å²) in [6.07, 6.45) is -5.34. The quantitative estimate of drug-likeness (QED) is 0.776. The summed E-state index contributed by atoms with van der Waals surface area (Å²) in [4.78, 5) is 11.6. The molecule has 1 amide bonds. The summed E-state index contributed by atoms with van der Waals surface area (Å²) in [7, 11) is 0. The van der Waals surface area contributed by atoms with Crippen molar-refractivity contribution in [1.82, 2.24) is 25.1 Å². The van der Waals surface area contributed by atoms with Crippen LogP contribution in [0, 0.1) is 0 Å². The van der Waals surface area contributed by atoms with E-state index in [1.165, 1.54) is 0 Å². The average Bonchev–Trinajstić information content (AvgIpc) is 3.11. The van der Waals surface area contributed by atoms with Crippen LogP contribution in [0.1, 0.15) is 16.4 Å². The summed E-state index contributed by atoms with van der Waals surface area (Å²) in [6.45, 7) is 0.0228. The molecule has 0 aliphatic rings. The third-order valence-corrected chi connectivity index (χ3v) is 3.78. The molecule has 0 atom stereocenters. The van der Waals surface area contributed by atoms with Gasteiger partial charge in [0, 0.05) is 0 Å². The molecule has 0 saturated carbocycles. The molecule has 2 aromatic heterocycles. The molecule has 1 N–H and O–H groups in total.